The molecule has 0 spiro atoms. The molecule has 0 aromatic heterocycles. The summed E-state index contributed by atoms with van der Waals surface area (Å²) in [5.41, 5.74) is 1.89. The van der Waals surface area contributed by atoms with E-state index in [4.69, 9.17) is 4.74 Å². The van der Waals surface area contributed by atoms with Gasteiger partial charge in [0, 0.05) is 12.8 Å². The summed E-state index contributed by atoms with van der Waals surface area (Å²) in [6.07, 6.45) is 9.98. The Kier molecular flexibility index (Phi) is 10.7. The van der Waals surface area contributed by atoms with Crippen LogP contribution in [0.15, 0.2) is 24.3 Å². The zero-order valence-corrected chi connectivity index (χ0v) is 14.7. The Labute approximate surface area is 141 Å². The molecule has 23 heavy (non-hydrogen) atoms. The van der Waals surface area contributed by atoms with Crippen LogP contribution in [0.25, 0.3) is 0 Å². The molecule has 0 aliphatic rings. The van der Waals surface area contributed by atoms with E-state index in [1.54, 1.807) is 0 Å². The summed E-state index contributed by atoms with van der Waals surface area (Å²) in [5.74, 6) is 6.07. The fraction of sp³-hybridized carbons (Fsp3) is 0.571. The summed E-state index contributed by atoms with van der Waals surface area (Å²) in [7, 11) is 0. The van der Waals surface area contributed by atoms with Crippen LogP contribution in [0.1, 0.15) is 81.1 Å². The number of unbranched alkanes of at least 4 members (excludes halogenated alkanes) is 6. The molecule has 126 valence electrons. The van der Waals surface area contributed by atoms with Crippen molar-refractivity contribution in [1.82, 2.24) is 0 Å². The second kappa shape index (κ2) is 12.8. The van der Waals surface area contributed by atoms with E-state index in [0.29, 0.717) is 12.2 Å². The van der Waals surface area contributed by atoms with Crippen LogP contribution < -0.4 is 0 Å². The number of carbonyl (C=O) groups excluding carboxylic acids is 1. The molecule has 0 fully saturated rings. The molecular formula is C21H30O2. The highest BCUT2D eigenvalue weighted by molar-refractivity contribution is 5.89. The maximum Gasteiger partial charge on any atom is 0.338 e. The molecule has 1 aromatic carbocycles. The first-order chi connectivity index (χ1) is 11.3. The van der Waals surface area contributed by atoms with Gasteiger partial charge in [-0.2, -0.15) is 0 Å². The molecule has 0 atom stereocenters. The predicted molar refractivity (Wildman–Crippen MR) is 96.5 cm³/mol. The summed E-state index contributed by atoms with van der Waals surface area (Å²) < 4.78 is 5.32. The van der Waals surface area contributed by atoms with Crippen molar-refractivity contribution in [3.8, 4) is 11.8 Å². The minimum absolute atomic E-state index is 0.206. The summed E-state index contributed by atoms with van der Waals surface area (Å²) in [6, 6.07) is 7.67. The summed E-state index contributed by atoms with van der Waals surface area (Å²) in [5, 5.41) is 0. The zero-order valence-electron chi connectivity index (χ0n) is 14.7. The van der Waals surface area contributed by atoms with E-state index in [9.17, 15) is 4.79 Å². The van der Waals surface area contributed by atoms with Crippen LogP contribution in [-0.4, -0.2) is 12.6 Å². The van der Waals surface area contributed by atoms with E-state index in [2.05, 4.69) is 25.7 Å². The molecule has 0 saturated heterocycles. The molecule has 1 rings (SSSR count). The predicted octanol–water partition coefficient (Wildman–Crippen LogP) is 5.55. The van der Waals surface area contributed by atoms with Crippen molar-refractivity contribution in [2.24, 2.45) is 0 Å². The molecule has 0 bridgehead atoms. The van der Waals surface area contributed by atoms with E-state index in [0.717, 1.165) is 32.1 Å². The third-order valence-corrected chi connectivity index (χ3v) is 3.83. The van der Waals surface area contributed by atoms with Gasteiger partial charge in [0.15, 0.2) is 0 Å². The van der Waals surface area contributed by atoms with Crippen molar-refractivity contribution >= 4 is 5.97 Å². The summed E-state index contributed by atoms with van der Waals surface area (Å²) >= 11 is 0. The fourth-order valence-electron chi connectivity index (χ4n) is 2.36. The van der Waals surface area contributed by atoms with E-state index in [-0.39, 0.29) is 5.97 Å². The molecule has 0 aliphatic heterocycles. The first-order valence-corrected chi connectivity index (χ1v) is 8.99. The number of hydrogen-bond acceptors (Lipinski definition) is 2. The lowest BCUT2D eigenvalue weighted by Gasteiger charge is -2.05. The smallest absolute Gasteiger partial charge is 0.338 e. The molecular weight excluding hydrogens is 284 g/mol. The van der Waals surface area contributed by atoms with Gasteiger partial charge in [0.05, 0.1) is 12.2 Å². The van der Waals surface area contributed by atoms with Crippen LogP contribution in [0.5, 0.6) is 0 Å². The van der Waals surface area contributed by atoms with Crippen molar-refractivity contribution in [2.45, 2.75) is 71.6 Å². The minimum Gasteiger partial charge on any atom is -0.462 e. The standard InChI is InChI=1S/C21H30O2/c1-3-5-6-7-8-9-10-11-12-13-18-23-21(22)20-16-14-19(4-2)15-17-20/h14-17H,3-4,7-13,18H2,1-2H3. The van der Waals surface area contributed by atoms with Crippen LogP contribution in [0, 0.1) is 11.8 Å². The highest BCUT2D eigenvalue weighted by Crippen LogP contribution is 2.09. The van der Waals surface area contributed by atoms with Crippen LogP contribution in [0.3, 0.4) is 0 Å². The molecule has 1 aromatic rings. The molecule has 0 radical (unpaired) electrons. The van der Waals surface area contributed by atoms with Crippen LogP contribution in [0.4, 0.5) is 0 Å². The first-order valence-electron chi connectivity index (χ1n) is 8.99. The molecule has 2 heteroatoms. The Bertz CT molecular complexity index is 491. The average molecular weight is 314 g/mol. The molecule has 0 aliphatic carbocycles. The number of carbonyl (C=O) groups is 1. The van der Waals surface area contributed by atoms with Crippen LogP contribution in [0.2, 0.25) is 0 Å². The number of esters is 1. The third kappa shape index (κ3) is 9.08. The van der Waals surface area contributed by atoms with Gasteiger partial charge < -0.3 is 4.74 Å². The Morgan fingerprint density at radius 3 is 2.22 bits per heavy atom. The maximum atomic E-state index is 11.9. The van der Waals surface area contributed by atoms with Gasteiger partial charge >= 0.3 is 5.97 Å². The molecule has 2 nitrogen and oxygen atoms in total. The SMILES string of the molecule is CCC#CCCCCCCCCOC(=O)c1ccc(CC)cc1. The third-order valence-electron chi connectivity index (χ3n) is 3.83. The Morgan fingerprint density at radius 1 is 0.913 bits per heavy atom. The van der Waals surface area contributed by atoms with E-state index < -0.39 is 0 Å². The summed E-state index contributed by atoms with van der Waals surface area (Å²) in [6.45, 7) is 4.71. The largest absolute Gasteiger partial charge is 0.462 e. The second-order valence-corrected chi connectivity index (χ2v) is 5.76. The van der Waals surface area contributed by atoms with Gasteiger partial charge in [-0.3, -0.25) is 0 Å². The van der Waals surface area contributed by atoms with Crippen molar-refractivity contribution < 1.29 is 9.53 Å². The zero-order chi connectivity index (χ0) is 16.8. The monoisotopic (exact) mass is 314 g/mol. The lowest BCUT2D eigenvalue weighted by molar-refractivity contribution is 0.0497. The number of hydrogen-bond donors (Lipinski definition) is 0. The van der Waals surface area contributed by atoms with E-state index in [1.807, 2.05) is 24.3 Å². The van der Waals surface area contributed by atoms with Gasteiger partial charge in [-0.25, -0.2) is 4.79 Å². The Morgan fingerprint density at radius 2 is 1.57 bits per heavy atom. The molecule has 0 heterocycles. The quantitative estimate of drug-likeness (QED) is 0.321. The van der Waals surface area contributed by atoms with Gasteiger partial charge in [0.2, 0.25) is 0 Å². The maximum absolute atomic E-state index is 11.9. The van der Waals surface area contributed by atoms with Gasteiger partial charge in [-0.15, -0.1) is 11.8 Å². The normalized spacial score (nSPS) is 10.0. The topological polar surface area (TPSA) is 26.3 Å². The minimum atomic E-state index is -0.206. The highest BCUT2D eigenvalue weighted by atomic mass is 16.5. The number of ether oxygens (including phenoxy) is 1. The van der Waals surface area contributed by atoms with Crippen molar-refractivity contribution in [1.29, 1.82) is 0 Å². The van der Waals surface area contributed by atoms with Crippen molar-refractivity contribution in [3.05, 3.63) is 35.4 Å². The number of aryl methyl sites for hydroxylation is 1. The molecule has 0 N–H and O–H groups in total. The van der Waals surface area contributed by atoms with Gasteiger partial charge in [0.25, 0.3) is 0 Å². The molecule has 0 unspecified atom stereocenters. The summed E-state index contributed by atoms with van der Waals surface area (Å²) in [4.78, 5) is 11.9. The fourth-order valence-corrected chi connectivity index (χ4v) is 2.36. The molecule has 0 saturated carbocycles. The number of benzene rings is 1. The second-order valence-electron chi connectivity index (χ2n) is 5.76. The first kappa shape index (κ1) is 19.3. The van der Waals surface area contributed by atoms with E-state index in [1.165, 1.54) is 31.2 Å². The lowest BCUT2D eigenvalue weighted by Crippen LogP contribution is -2.06. The van der Waals surface area contributed by atoms with Gasteiger partial charge in [-0.1, -0.05) is 51.7 Å². The van der Waals surface area contributed by atoms with Crippen molar-refractivity contribution in [3.63, 3.8) is 0 Å². The van der Waals surface area contributed by atoms with Crippen LogP contribution >= 0.6 is 0 Å². The van der Waals surface area contributed by atoms with Crippen molar-refractivity contribution in [2.75, 3.05) is 6.61 Å². The number of rotatable bonds is 10. The van der Waals surface area contributed by atoms with E-state index >= 15 is 0 Å². The van der Waals surface area contributed by atoms with Gasteiger partial charge in [0.1, 0.15) is 0 Å². The van der Waals surface area contributed by atoms with Crippen LogP contribution in [-0.2, 0) is 11.2 Å². The lowest BCUT2D eigenvalue weighted by atomic mass is 10.1. The Balaban J connectivity index is 2.00. The molecule has 0 amide bonds. The average Bonchev–Trinajstić information content (AvgIpc) is 2.59. The highest BCUT2D eigenvalue weighted by Gasteiger charge is 2.06. The Hall–Kier alpha value is -1.75. The van der Waals surface area contributed by atoms with Gasteiger partial charge in [-0.05, 0) is 37.0 Å².